The van der Waals surface area contributed by atoms with Gasteiger partial charge in [-0.25, -0.2) is 0 Å². The molecule has 1 N–H and O–H groups in total. The van der Waals surface area contributed by atoms with E-state index in [0.29, 0.717) is 23.6 Å². The van der Waals surface area contributed by atoms with Crippen LogP contribution < -0.4 is 15.0 Å². The van der Waals surface area contributed by atoms with Crippen LogP contribution in [0.5, 0.6) is 17.2 Å². The first kappa shape index (κ1) is 20.3. The highest BCUT2D eigenvalue weighted by Crippen LogP contribution is 2.38. The molecule has 1 aromatic carbocycles. The Labute approximate surface area is 166 Å². The maximum atomic E-state index is 13.3. The monoisotopic (exact) mass is 386 g/mol. The second kappa shape index (κ2) is 8.69. The highest BCUT2D eigenvalue weighted by Gasteiger charge is 2.30. The molecule has 1 aliphatic rings. The molecule has 28 heavy (non-hydrogen) atoms. The lowest BCUT2D eigenvalue weighted by atomic mass is 9.94. The average molecular weight is 386 g/mol. The first-order valence-corrected chi connectivity index (χ1v) is 9.91. The molecule has 1 fully saturated rings. The van der Waals surface area contributed by atoms with E-state index in [-0.39, 0.29) is 17.4 Å². The number of ether oxygens (including phenoxy) is 2. The molecule has 2 heterocycles. The Hall–Kier alpha value is -2.47. The third-order valence-electron chi connectivity index (χ3n) is 5.59. The van der Waals surface area contributed by atoms with Gasteiger partial charge < -0.3 is 19.1 Å². The largest absolute Gasteiger partial charge is 0.507 e. The van der Waals surface area contributed by atoms with E-state index in [2.05, 4.69) is 4.90 Å². The van der Waals surface area contributed by atoms with E-state index in [1.54, 1.807) is 24.9 Å². The summed E-state index contributed by atoms with van der Waals surface area (Å²) >= 11 is 0. The van der Waals surface area contributed by atoms with Gasteiger partial charge in [-0.1, -0.05) is 12.5 Å². The predicted molar refractivity (Wildman–Crippen MR) is 110 cm³/mol. The minimum Gasteiger partial charge on any atom is -0.507 e. The Morgan fingerprint density at radius 1 is 1.07 bits per heavy atom. The van der Waals surface area contributed by atoms with Crippen LogP contribution in [0, 0.1) is 6.92 Å². The molecule has 0 spiro atoms. The summed E-state index contributed by atoms with van der Waals surface area (Å²) in [5.74, 6) is 1.31. The van der Waals surface area contributed by atoms with Gasteiger partial charge in [-0.3, -0.25) is 9.69 Å². The zero-order valence-corrected chi connectivity index (χ0v) is 17.2. The van der Waals surface area contributed by atoms with Gasteiger partial charge in [-0.2, -0.15) is 0 Å². The first-order chi connectivity index (χ1) is 13.5. The molecule has 1 aliphatic heterocycles. The number of nitrogens with zero attached hydrogens (tertiary/aromatic N) is 2. The highest BCUT2D eigenvalue weighted by atomic mass is 16.5. The van der Waals surface area contributed by atoms with E-state index in [0.717, 1.165) is 37.2 Å². The van der Waals surface area contributed by atoms with E-state index >= 15 is 0 Å². The van der Waals surface area contributed by atoms with Crippen molar-refractivity contribution in [3.63, 3.8) is 0 Å². The highest BCUT2D eigenvalue weighted by molar-refractivity contribution is 5.48. The number of hydrogen-bond donors (Lipinski definition) is 1. The maximum absolute atomic E-state index is 13.3. The van der Waals surface area contributed by atoms with Crippen molar-refractivity contribution in [2.45, 2.75) is 45.7 Å². The molecule has 1 aromatic heterocycles. The van der Waals surface area contributed by atoms with Crippen LogP contribution in [-0.4, -0.2) is 41.9 Å². The lowest BCUT2D eigenvalue weighted by Crippen LogP contribution is -2.38. The molecular formula is C22H30N2O4. The SMILES string of the molecule is CCn1c(C)cc(O)c([C@@H](c2ccc(OC)c(OC)c2)N2CCCCC2)c1=O. The van der Waals surface area contributed by atoms with Gasteiger partial charge in [0.05, 0.1) is 25.8 Å². The number of aromatic hydroxyl groups is 1. The maximum Gasteiger partial charge on any atom is 0.259 e. The summed E-state index contributed by atoms with van der Waals surface area (Å²) in [5.41, 5.74) is 1.98. The summed E-state index contributed by atoms with van der Waals surface area (Å²) in [4.78, 5) is 15.6. The Morgan fingerprint density at radius 3 is 2.36 bits per heavy atom. The van der Waals surface area contributed by atoms with Gasteiger partial charge in [0.25, 0.3) is 5.56 Å². The lowest BCUT2D eigenvalue weighted by molar-refractivity contribution is 0.183. The van der Waals surface area contributed by atoms with Gasteiger partial charge in [0.1, 0.15) is 5.75 Å². The number of likely N-dealkylation sites (tertiary alicyclic amines) is 1. The Kier molecular flexibility index (Phi) is 6.29. The summed E-state index contributed by atoms with van der Waals surface area (Å²) in [6.45, 7) is 6.13. The molecule has 6 heteroatoms. The van der Waals surface area contributed by atoms with Crippen LogP contribution in [-0.2, 0) is 6.54 Å². The van der Waals surface area contributed by atoms with Crippen LogP contribution in [0.15, 0.2) is 29.1 Å². The van der Waals surface area contributed by atoms with E-state index in [4.69, 9.17) is 9.47 Å². The molecule has 3 rings (SSSR count). The zero-order valence-electron chi connectivity index (χ0n) is 17.2. The molecular weight excluding hydrogens is 356 g/mol. The summed E-state index contributed by atoms with van der Waals surface area (Å²) < 4.78 is 12.6. The van der Waals surface area contributed by atoms with Gasteiger partial charge in [-0.05, 0) is 63.5 Å². The molecule has 0 unspecified atom stereocenters. The number of benzene rings is 1. The van der Waals surface area contributed by atoms with Crippen LogP contribution in [0.1, 0.15) is 49.0 Å². The van der Waals surface area contributed by atoms with Crippen molar-refractivity contribution in [2.75, 3.05) is 27.3 Å². The van der Waals surface area contributed by atoms with Crippen molar-refractivity contribution in [3.8, 4) is 17.2 Å². The molecule has 0 radical (unpaired) electrons. The number of piperidine rings is 1. The van der Waals surface area contributed by atoms with Crippen LogP contribution in [0.25, 0.3) is 0 Å². The summed E-state index contributed by atoms with van der Waals surface area (Å²) in [5, 5.41) is 10.8. The smallest absolute Gasteiger partial charge is 0.259 e. The molecule has 0 saturated carbocycles. The molecule has 6 nitrogen and oxygen atoms in total. The second-order valence-electron chi connectivity index (χ2n) is 7.25. The second-order valence-corrected chi connectivity index (χ2v) is 7.25. The topological polar surface area (TPSA) is 63.9 Å². The third kappa shape index (κ3) is 3.74. The lowest BCUT2D eigenvalue weighted by Gasteiger charge is -2.35. The Balaban J connectivity index is 2.21. The normalized spacial score (nSPS) is 16.0. The summed E-state index contributed by atoms with van der Waals surface area (Å²) in [7, 11) is 3.20. The molecule has 0 aliphatic carbocycles. The minimum atomic E-state index is -0.328. The Bertz CT molecular complexity index is 885. The number of aryl methyl sites for hydroxylation is 1. The van der Waals surface area contributed by atoms with E-state index in [1.807, 2.05) is 32.0 Å². The van der Waals surface area contributed by atoms with Crippen molar-refractivity contribution in [2.24, 2.45) is 0 Å². The van der Waals surface area contributed by atoms with Gasteiger partial charge in [0.2, 0.25) is 0 Å². The molecule has 0 bridgehead atoms. The van der Waals surface area contributed by atoms with E-state index in [9.17, 15) is 9.90 Å². The molecule has 0 amide bonds. The van der Waals surface area contributed by atoms with E-state index in [1.165, 1.54) is 6.42 Å². The van der Waals surface area contributed by atoms with Gasteiger partial charge >= 0.3 is 0 Å². The fourth-order valence-electron chi connectivity index (χ4n) is 4.18. The number of aromatic nitrogens is 1. The zero-order chi connectivity index (χ0) is 20.3. The Morgan fingerprint density at radius 2 is 1.75 bits per heavy atom. The number of hydrogen-bond acceptors (Lipinski definition) is 5. The number of rotatable bonds is 6. The minimum absolute atomic E-state index is 0.0533. The van der Waals surface area contributed by atoms with Gasteiger partial charge in [0.15, 0.2) is 11.5 Å². The van der Waals surface area contributed by atoms with E-state index < -0.39 is 0 Å². The van der Waals surface area contributed by atoms with Crippen LogP contribution >= 0.6 is 0 Å². The average Bonchev–Trinajstić information content (AvgIpc) is 2.71. The molecule has 152 valence electrons. The van der Waals surface area contributed by atoms with Crippen LogP contribution in [0.4, 0.5) is 0 Å². The van der Waals surface area contributed by atoms with Crippen molar-refractivity contribution < 1.29 is 14.6 Å². The third-order valence-corrected chi connectivity index (χ3v) is 5.59. The molecule has 1 saturated heterocycles. The fourth-order valence-corrected chi connectivity index (χ4v) is 4.18. The first-order valence-electron chi connectivity index (χ1n) is 9.91. The fraction of sp³-hybridized carbons (Fsp3) is 0.500. The van der Waals surface area contributed by atoms with Crippen molar-refractivity contribution in [3.05, 3.63) is 51.4 Å². The van der Waals surface area contributed by atoms with Crippen molar-refractivity contribution in [1.82, 2.24) is 9.47 Å². The number of pyridine rings is 1. The summed E-state index contributed by atoms with van der Waals surface area (Å²) in [6, 6.07) is 7.08. The molecule has 2 aromatic rings. The quantitative estimate of drug-likeness (QED) is 0.824. The van der Waals surface area contributed by atoms with Crippen LogP contribution in [0.2, 0.25) is 0 Å². The van der Waals surface area contributed by atoms with Crippen molar-refractivity contribution >= 4 is 0 Å². The van der Waals surface area contributed by atoms with Gasteiger partial charge in [0, 0.05) is 12.2 Å². The summed E-state index contributed by atoms with van der Waals surface area (Å²) in [6.07, 6.45) is 3.35. The standard InChI is InChI=1S/C22H30N2O4/c1-5-24-15(2)13-17(25)20(22(24)26)21(23-11-7-6-8-12-23)16-9-10-18(27-3)19(14-16)28-4/h9-10,13-14,21,25H,5-8,11-12H2,1-4H3/t21-/m1/s1. The van der Waals surface area contributed by atoms with Crippen molar-refractivity contribution in [1.29, 1.82) is 0 Å². The number of methoxy groups -OCH3 is 2. The molecule has 1 atom stereocenters. The predicted octanol–water partition coefficient (Wildman–Crippen LogP) is 3.47. The van der Waals surface area contributed by atoms with Crippen LogP contribution in [0.3, 0.4) is 0 Å². The van der Waals surface area contributed by atoms with Gasteiger partial charge in [-0.15, -0.1) is 0 Å².